The van der Waals surface area contributed by atoms with Gasteiger partial charge in [0.15, 0.2) is 0 Å². The van der Waals surface area contributed by atoms with E-state index < -0.39 is 29.0 Å². The number of benzene rings is 2. The van der Waals surface area contributed by atoms with E-state index in [1.165, 1.54) is 6.92 Å². The number of anilines is 1. The highest BCUT2D eigenvalue weighted by Crippen LogP contribution is 2.19. The molecule has 2 aromatic rings. The Kier molecular flexibility index (Phi) is 5.25. The molecule has 0 spiro atoms. The molecule has 3 N–H and O–H groups in total. The van der Waals surface area contributed by atoms with Crippen molar-refractivity contribution in [2.45, 2.75) is 12.5 Å². The lowest BCUT2D eigenvalue weighted by Gasteiger charge is -2.24. The molecule has 0 aliphatic heterocycles. The summed E-state index contributed by atoms with van der Waals surface area (Å²) < 4.78 is 26.2. The van der Waals surface area contributed by atoms with E-state index in [-0.39, 0.29) is 12.2 Å². The molecular weight excluding hydrogens is 318 g/mol. The van der Waals surface area contributed by atoms with Gasteiger partial charge >= 0.3 is 11.8 Å². The molecule has 0 fully saturated rings. The first-order valence-electron chi connectivity index (χ1n) is 7.12. The molecule has 0 aromatic heterocycles. The monoisotopic (exact) mass is 334 g/mol. The van der Waals surface area contributed by atoms with Crippen molar-refractivity contribution in [3.63, 3.8) is 0 Å². The number of rotatable bonds is 4. The van der Waals surface area contributed by atoms with Crippen LogP contribution < -0.4 is 10.6 Å². The van der Waals surface area contributed by atoms with Crippen LogP contribution in [-0.4, -0.2) is 23.5 Å². The van der Waals surface area contributed by atoms with Crippen LogP contribution in [0.5, 0.6) is 0 Å². The Balaban J connectivity index is 1.95. The van der Waals surface area contributed by atoms with Crippen molar-refractivity contribution in [3.05, 3.63) is 65.7 Å². The molecule has 0 heterocycles. The van der Waals surface area contributed by atoms with Gasteiger partial charge in [0.25, 0.3) is 0 Å². The summed E-state index contributed by atoms with van der Waals surface area (Å²) in [5.74, 6) is -3.96. The van der Waals surface area contributed by atoms with E-state index >= 15 is 0 Å². The molecule has 0 radical (unpaired) electrons. The van der Waals surface area contributed by atoms with E-state index in [0.717, 1.165) is 12.1 Å². The SMILES string of the molecule is C[C@@](O)(CNC(=O)C(=O)Nc1ccc(F)cc1F)c1ccccc1. The second kappa shape index (κ2) is 7.18. The van der Waals surface area contributed by atoms with Gasteiger partial charge in [0.2, 0.25) is 0 Å². The molecule has 5 nitrogen and oxygen atoms in total. The Morgan fingerprint density at radius 1 is 1.08 bits per heavy atom. The fourth-order valence-electron chi connectivity index (χ4n) is 2.00. The Hall–Kier alpha value is -2.80. The summed E-state index contributed by atoms with van der Waals surface area (Å²) >= 11 is 0. The number of halogens is 2. The molecule has 24 heavy (non-hydrogen) atoms. The van der Waals surface area contributed by atoms with E-state index in [4.69, 9.17) is 0 Å². The number of hydrogen-bond acceptors (Lipinski definition) is 3. The number of hydrogen-bond donors (Lipinski definition) is 3. The second-order valence-electron chi connectivity index (χ2n) is 5.40. The zero-order valence-corrected chi connectivity index (χ0v) is 12.8. The van der Waals surface area contributed by atoms with Crippen LogP contribution in [0.1, 0.15) is 12.5 Å². The first kappa shape index (κ1) is 17.6. The summed E-state index contributed by atoms with van der Waals surface area (Å²) in [5, 5.41) is 14.6. The fraction of sp³-hybridized carbons (Fsp3) is 0.176. The fourth-order valence-corrected chi connectivity index (χ4v) is 2.00. The molecule has 0 saturated heterocycles. The molecule has 0 aliphatic rings. The van der Waals surface area contributed by atoms with E-state index in [1.54, 1.807) is 30.3 Å². The molecule has 0 unspecified atom stereocenters. The van der Waals surface area contributed by atoms with Crippen molar-refractivity contribution in [2.75, 3.05) is 11.9 Å². The molecule has 0 saturated carbocycles. The first-order chi connectivity index (χ1) is 11.3. The van der Waals surface area contributed by atoms with E-state index in [9.17, 15) is 23.5 Å². The predicted molar refractivity (Wildman–Crippen MR) is 84.0 cm³/mol. The van der Waals surface area contributed by atoms with E-state index in [1.807, 2.05) is 5.32 Å². The number of carbonyl (C=O) groups is 2. The average molecular weight is 334 g/mol. The van der Waals surface area contributed by atoms with Gasteiger partial charge in [0.05, 0.1) is 12.2 Å². The summed E-state index contributed by atoms with van der Waals surface area (Å²) in [6, 6.07) is 11.2. The summed E-state index contributed by atoms with van der Waals surface area (Å²) in [7, 11) is 0. The predicted octanol–water partition coefficient (Wildman–Crippen LogP) is 1.93. The lowest BCUT2D eigenvalue weighted by Crippen LogP contribution is -2.43. The van der Waals surface area contributed by atoms with E-state index in [2.05, 4.69) is 5.32 Å². The van der Waals surface area contributed by atoms with Crippen molar-refractivity contribution in [1.82, 2.24) is 5.32 Å². The van der Waals surface area contributed by atoms with Crippen LogP contribution >= 0.6 is 0 Å². The molecule has 2 amide bonds. The van der Waals surface area contributed by atoms with Gasteiger partial charge in [0, 0.05) is 6.07 Å². The molecule has 2 aromatic carbocycles. The molecule has 0 bridgehead atoms. The third-order valence-corrected chi connectivity index (χ3v) is 3.37. The molecule has 7 heteroatoms. The van der Waals surface area contributed by atoms with Crippen molar-refractivity contribution in [3.8, 4) is 0 Å². The molecule has 2 rings (SSSR count). The van der Waals surface area contributed by atoms with Gasteiger partial charge in [-0.05, 0) is 24.6 Å². The topological polar surface area (TPSA) is 78.4 Å². The van der Waals surface area contributed by atoms with Gasteiger partial charge in [-0.25, -0.2) is 8.78 Å². The third kappa shape index (κ3) is 4.36. The zero-order valence-electron chi connectivity index (χ0n) is 12.8. The lowest BCUT2D eigenvalue weighted by molar-refractivity contribution is -0.136. The maximum atomic E-state index is 13.4. The van der Waals surface area contributed by atoms with Crippen LogP contribution in [0.4, 0.5) is 14.5 Å². The van der Waals surface area contributed by atoms with Gasteiger partial charge < -0.3 is 15.7 Å². The Morgan fingerprint density at radius 3 is 2.38 bits per heavy atom. The van der Waals surface area contributed by atoms with Crippen LogP contribution in [0, 0.1) is 11.6 Å². The highest BCUT2D eigenvalue weighted by atomic mass is 19.1. The minimum Gasteiger partial charge on any atom is -0.384 e. The third-order valence-electron chi connectivity index (χ3n) is 3.37. The number of carbonyl (C=O) groups excluding carboxylic acids is 2. The Morgan fingerprint density at radius 2 is 1.75 bits per heavy atom. The van der Waals surface area contributed by atoms with Crippen LogP contribution in [0.25, 0.3) is 0 Å². The van der Waals surface area contributed by atoms with Crippen LogP contribution in [0.15, 0.2) is 48.5 Å². The average Bonchev–Trinajstić information content (AvgIpc) is 2.56. The van der Waals surface area contributed by atoms with Crippen molar-refractivity contribution in [1.29, 1.82) is 0 Å². The smallest absolute Gasteiger partial charge is 0.313 e. The van der Waals surface area contributed by atoms with Crippen LogP contribution in [0.3, 0.4) is 0 Å². The zero-order chi connectivity index (χ0) is 17.7. The number of aliphatic hydroxyl groups is 1. The highest BCUT2D eigenvalue weighted by Gasteiger charge is 2.25. The summed E-state index contributed by atoms with van der Waals surface area (Å²) in [4.78, 5) is 23.5. The summed E-state index contributed by atoms with van der Waals surface area (Å²) in [6.45, 7) is 1.27. The maximum absolute atomic E-state index is 13.4. The minimum absolute atomic E-state index is 0.213. The Labute approximate surface area is 137 Å². The molecular formula is C17H16F2N2O3. The second-order valence-corrected chi connectivity index (χ2v) is 5.40. The Bertz CT molecular complexity index is 749. The number of nitrogens with one attached hydrogen (secondary N) is 2. The van der Waals surface area contributed by atoms with Crippen LogP contribution in [-0.2, 0) is 15.2 Å². The summed E-state index contributed by atoms with van der Waals surface area (Å²) in [6.07, 6.45) is 0. The molecule has 126 valence electrons. The molecule has 1 atom stereocenters. The van der Waals surface area contributed by atoms with Gasteiger partial charge in [-0.1, -0.05) is 30.3 Å². The normalized spacial score (nSPS) is 13.0. The van der Waals surface area contributed by atoms with Gasteiger partial charge in [-0.3, -0.25) is 9.59 Å². The standard InChI is InChI=1S/C17H16F2N2O3/c1-17(24,11-5-3-2-4-6-11)10-20-15(22)16(23)21-14-8-7-12(18)9-13(14)19/h2-9,24H,10H2,1H3,(H,20,22)(H,21,23)/t17-/m1/s1. The van der Waals surface area contributed by atoms with Crippen molar-refractivity contribution >= 4 is 17.5 Å². The lowest BCUT2D eigenvalue weighted by atomic mass is 9.96. The quantitative estimate of drug-likeness (QED) is 0.748. The van der Waals surface area contributed by atoms with Crippen molar-refractivity contribution in [2.24, 2.45) is 0 Å². The van der Waals surface area contributed by atoms with E-state index in [0.29, 0.717) is 11.6 Å². The first-order valence-corrected chi connectivity index (χ1v) is 7.12. The summed E-state index contributed by atoms with van der Waals surface area (Å²) in [5.41, 5.74) is -1.13. The largest absolute Gasteiger partial charge is 0.384 e. The number of amides is 2. The van der Waals surface area contributed by atoms with Crippen molar-refractivity contribution < 1.29 is 23.5 Å². The van der Waals surface area contributed by atoms with Gasteiger partial charge in [0.1, 0.15) is 17.2 Å². The van der Waals surface area contributed by atoms with Crippen LogP contribution in [0.2, 0.25) is 0 Å². The van der Waals surface area contributed by atoms with Gasteiger partial charge in [-0.2, -0.15) is 0 Å². The maximum Gasteiger partial charge on any atom is 0.313 e. The molecule has 0 aliphatic carbocycles. The minimum atomic E-state index is -1.38. The van der Waals surface area contributed by atoms with Gasteiger partial charge in [-0.15, -0.1) is 0 Å². The highest BCUT2D eigenvalue weighted by molar-refractivity contribution is 6.39.